The average molecular weight is 402 g/mol. The minimum atomic E-state index is -0.785. The number of rotatable bonds is 4. The maximum absolute atomic E-state index is 12.8. The number of primary amides is 1. The summed E-state index contributed by atoms with van der Waals surface area (Å²) in [7, 11) is 0. The fraction of sp³-hybridized carbons (Fsp3) is 0.400. The van der Waals surface area contributed by atoms with Gasteiger partial charge in [-0.1, -0.05) is 12.1 Å². The third-order valence-electron chi connectivity index (χ3n) is 5.28. The number of carbonyl (C=O) groups is 2. The lowest BCUT2D eigenvalue weighted by molar-refractivity contribution is -0.936. The molecule has 8 heteroatoms. The fourth-order valence-electron chi connectivity index (χ4n) is 3.68. The molecule has 2 atom stereocenters. The van der Waals surface area contributed by atoms with E-state index in [-0.39, 0.29) is 12.5 Å². The van der Waals surface area contributed by atoms with Crippen molar-refractivity contribution in [2.24, 2.45) is 5.73 Å². The van der Waals surface area contributed by atoms with Crippen LogP contribution in [0.4, 0.5) is 5.00 Å². The molecule has 0 bridgehead atoms. The molecule has 4 N–H and O–H groups in total. The lowest BCUT2D eigenvalue weighted by atomic mass is 10.0. The zero-order chi connectivity index (χ0) is 19.8. The van der Waals surface area contributed by atoms with Crippen molar-refractivity contribution < 1.29 is 24.0 Å². The van der Waals surface area contributed by atoms with E-state index in [1.165, 1.54) is 16.2 Å². The second-order valence-corrected chi connectivity index (χ2v) is 8.52. The van der Waals surface area contributed by atoms with Gasteiger partial charge < -0.3 is 25.4 Å². The average Bonchev–Trinajstić information content (AvgIpc) is 3.04. The fourth-order valence-corrected chi connectivity index (χ4v) is 4.99. The molecule has 0 radical (unpaired) electrons. The van der Waals surface area contributed by atoms with Crippen molar-refractivity contribution >= 4 is 28.2 Å². The predicted octanol–water partition coefficient (Wildman–Crippen LogP) is 0.975. The van der Waals surface area contributed by atoms with E-state index in [4.69, 9.17) is 15.2 Å². The Bertz CT molecular complexity index is 924. The molecular weight excluding hydrogens is 378 g/mol. The van der Waals surface area contributed by atoms with Crippen LogP contribution in [-0.2, 0) is 17.8 Å². The second kappa shape index (κ2) is 7.44. The van der Waals surface area contributed by atoms with Crippen molar-refractivity contribution in [2.45, 2.75) is 39.0 Å². The van der Waals surface area contributed by atoms with E-state index in [2.05, 4.69) is 19.2 Å². The SMILES string of the molecule is CC(C)[NH+]1CCc2c(sc(NC(=O)[C@H]3COc4ccccc4O3)c2C(N)=O)C1. The summed E-state index contributed by atoms with van der Waals surface area (Å²) in [4.78, 5) is 27.5. The van der Waals surface area contributed by atoms with Crippen LogP contribution in [0.15, 0.2) is 24.3 Å². The molecule has 1 unspecified atom stereocenters. The predicted molar refractivity (Wildman–Crippen MR) is 106 cm³/mol. The van der Waals surface area contributed by atoms with E-state index < -0.39 is 12.0 Å². The monoisotopic (exact) mass is 402 g/mol. The number of carbonyl (C=O) groups excluding carboxylic acids is 2. The summed E-state index contributed by atoms with van der Waals surface area (Å²) in [5.41, 5.74) is 7.06. The molecule has 28 heavy (non-hydrogen) atoms. The van der Waals surface area contributed by atoms with Crippen LogP contribution in [0.2, 0.25) is 0 Å². The molecule has 4 rings (SSSR count). The number of hydrogen-bond acceptors (Lipinski definition) is 5. The van der Waals surface area contributed by atoms with Gasteiger partial charge in [-0.15, -0.1) is 11.3 Å². The van der Waals surface area contributed by atoms with Crippen LogP contribution >= 0.6 is 11.3 Å². The van der Waals surface area contributed by atoms with Crippen LogP contribution in [0.5, 0.6) is 11.5 Å². The van der Waals surface area contributed by atoms with Crippen molar-refractivity contribution in [1.82, 2.24) is 0 Å². The third-order valence-corrected chi connectivity index (χ3v) is 6.42. The Hall–Kier alpha value is -2.58. The summed E-state index contributed by atoms with van der Waals surface area (Å²) in [5, 5.41) is 3.37. The number of benzene rings is 1. The minimum Gasteiger partial charge on any atom is -0.485 e. The van der Waals surface area contributed by atoms with Crippen molar-refractivity contribution in [3.63, 3.8) is 0 Å². The molecule has 2 aromatic rings. The summed E-state index contributed by atoms with van der Waals surface area (Å²) in [6.45, 7) is 6.27. The number of fused-ring (bicyclic) bond motifs is 2. The molecule has 0 aliphatic carbocycles. The molecule has 7 nitrogen and oxygen atoms in total. The number of thiophene rings is 1. The van der Waals surface area contributed by atoms with Gasteiger partial charge in [-0.2, -0.15) is 0 Å². The van der Waals surface area contributed by atoms with Gasteiger partial charge in [-0.25, -0.2) is 0 Å². The zero-order valence-electron chi connectivity index (χ0n) is 15.9. The lowest BCUT2D eigenvalue weighted by Gasteiger charge is -2.27. The van der Waals surface area contributed by atoms with Gasteiger partial charge in [-0.3, -0.25) is 9.59 Å². The van der Waals surface area contributed by atoms with E-state index in [0.717, 1.165) is 30.0 Å². The van der Waals surface area contributed by atoms with E-state index in [9.17, 15) is 9.59 Å². The number of nitrogens with two attached hydrogens (primary N) is 1. The molecule has 1 aromatic heterocycles. The number of para-hydroxylation sites is 2. The van der Waals surface area contributed by atoms with Crippen LogP contribution in [0.3, 0.4) is 0 Å². The smallest absolute Gasteiger partial charge is 0.269 e. The van der Waals surface area contributed by atoms with Gasteiger partial charge >= 0.3 is 0 Å². The number of nitrogens with one attached hydrogen (secondary N) is 2. The highest BCUT2D eigenvalue weighted by molar-refractivity contribution is 7.17. The van der Waals surface area contributed by atoms with Crippen molar-refractivity contribution in [2.75, 3.05) is 18.5 Å². The van der Waals surface area contributed by atoms with Crippen LogP contribution in [0.1, 0.15) is 34.6 Å². The Labute approximate surface area is 167 Å². The number of ether oxygens (including phenoxy) is 2. The summed E-state index contributed by atoms with van der Waals surface area (Å²) in [6.07, 6.45) is -0.00303. The maximum atomic E-state index is 12.8. The van der Waals surface area contributed by atoms with Gasteiger partial charge in [0.1, 0.15) is 18.2 Å². The van der Waals surface area contributed by atoms with Gasteiger partial charge in [-0.05, 0) is 31.5 Å². The Morgan fingerprint density at radius 3 is 2.75 bits per heavy atom. The molecule has 3 heterocycles. The standard InChI is InChI=1S/C20H23N3O4S/c1-11(2)23-8-7-12-16(9-23)28-20(17(12)18(21)24)22-19(25)15-10-26-13-5-3-4-6-14(13)27-15/h3-6,11,15H,7-10H2,1-2H3,(H2,21,24)(H,22,25)/p+1/t15-/m1/s1. The molecular formula is C20H24N3O4S+. The Morgan fingerprint density at radius 1 is 1.29 bits per heavy atom. The topological polar surface area (TPSA) is 95.1 Å². The Morgan fingerprint density at radius 2 is 2.04 bits per heavy atom. The van der Waals surface area contributed by atoms with Crippen molar-refractivity contribution in [3.8, 4) is 11.5 Å². The summed E-state index contributed by atoms with van der Waals surface area (Å²) < 4.78 is 11.4. The first-order valence-electron chi connectivity index (χ1n) is 9.42. The molecule has 0 saturated heterocycles. The second-order valence-electron chi connectivity index (χ2n) is 7.42. The molecule has 2 amide bonds. The Kier molecular flexibility index (Phi) is 4.99. The minimum absolute atomic E-state index is 0.116. The van der Waals surface area contributed by atoms with E-state index in [1.54, 1.807) is 12.1 Å². The van der Waals surface area contributed by atoms with Crippen molar-refractivity contribution in [3.05, 3.63) is 40.3 Å². The highest BCUT2D eigenvalue weighted by Crippen LogP contribution is 2.35. The lowest BCUT2D eigenvalue weighted by Crippen LogP contribution is -3.14. The highest BCUT2D eigenvalue weighted by atomic mass is 32.1. The third kappa shape index (κ3) is 3.45. The summed E-state index contributed by atoms with van der Waals surface area (Å²) in [6, 6.07) is 7.73. The normalized spacial score (nSPS) is 20.5. The molecule has 1 aromatic carbocycles. The molecule has 0 spiro atoms. The van der Waals surface area contributed by atoms with Gasteiger partial charge in [0.2, 0.25) is 6.10 Å². The number of anilines is 1. The molecule has 0 fully saturated rings. The molecule has 0 saturated carbocycles. The zero-order valence-corrected chi connectivity index (χ0v) is 16.7. The quantitative estimate of drug-likeness (QED) is 0.710. The van der Waals surface area contributed by atoms with Gasteiger partial charge in [0.05, 0.1) is 23.0 Å². The van der Waals surface area contributed by atoms with E-state index in [0.29, 0.717) is 28.1 Å². The van der Waals surface area contributed by atoms with E-state index >= 15 is 0 Å². The van der Waals surface area contributed by atoms with Crippen molar-refractivity contribution in [1.29, 1.82) is 0 Å². The molecule has 2 aliphatic heterocycles. The first-order valence-corrected chi connectivity index (χ1v) is 10.2. The molecule has 2 aliphatic rings. The number of amides is 2. The van der Waals surface area contributed by atoms with Gasteiger partial charge in [0.15, 0.2) is 11.5 Å². The van der Waals surface area contributed by atoms with Gasteiger partial charge in [0, 0.05) is 6.42 Å². The first-order chi connectivity index (χ1) is 13.4. The highest BCUT2D eigenvalue weighted by Gasteiger charge is 2.33. The van der Waals surface area contributed by atoms with Crippen LogP contribution < -0.4 is 25.4 Å². The van der Waals surface area contributed by atoms with Gasteiger partial charge in [0.25, 0.3) is 11.8 Å². The largest absolute Gasteiger partial charge is 0.485 e. The first kappa shape index (κ1) is 18.8. The molecule has 148 valence electrons. The van der Waals surface area contributed by atoms with E-state index in [1.807, 2.05) is 12.1 Å². The van der Waals surface area contributed by atoms with Crippen LogP contribution in [-0.4, -0.2) is 37.1 Å². The van der Waals surface area contributed by atoms with Crippen LogP contribution in [0, 0.1) is 0 Å². The summed E-state index contributed by atoms with van der Waals surface area (Å²) >= 11 is 1.44. The number of quaternary nitrogens is 1. The summed E-state index contributed by atoms with van der Waals surface area (Å²) in [5.74, 6) is 0.300. The number of hydrogen-bond donors (Lipinski definition) is 3. The maximum Gasteiger partial charge on any atom is 0.269 e. The van der Waals surface area contributed by atoms with Crippen LogP contribution in [0.25, 0.3) is 0 Å². The Balaban J connectivity index is 1.55.